The fourth-order valence-corrected chi connectivity index (χ4v) is 4.51. The van der Waals surface area contributed by atoms with Crippen molar-refractivity contribution < 1.29 is 4.39 Å². The first-order chi connectivity index (χ1) is 11.6. The van der Waals surface area contributed by atoms with E-state index in [1.54, 1.807) is 6.07 Å². The second-order valence-electron chi connectivity index (χ2n) is 7.29. The molecule has 0 bridgehead atoms. The normalized spacial score (nSPS) is 20.9. The standard InChI is InChI=1S/C19H24FN3O/c1-22-11-14(18(24)16-10-15(20)4-5-17(16)22)12-23-9-8-21-13-19(23)6-2-3-7-19/h4-5,10-11,21H,2-3,6-9,12-13H2,1H3. The molecular weight excluding hydrogens is 305 g/mol. The monoisotopic (exact) mass is 329 g/mol. The molecule has 0 unspecified atom stereocenters. The SMILES string of the molecule is Cn1cc(CN2CCNCC23CCCC3)c(=O)c2cc(F)ccc21. The van der Waals surface area contributed by atoms with Crippen molar-refractivity contribution in [1.82, 2.24) is 14.8 Å². The van der Waals surface area contributed by atoms with E-state index in [2.05, 4.69) is 10.2 Å². The second-order valence-corrected chi connectivity index (χ2v) is 7.29. The van der Waals surface area contributed by atoms with Crippen molar-refractivity contribution in [3.05, 3.63) is 46.0 Å². The van der Waals surface area contributed by atoms with Gasteiger partial charge in [-0.25, -0.2) is 4.39 Å². The van der Waals surface area contributed by atoms with E-state index in [4.69, 9.17) is 0 Å². The quantitative estimate of drug-likeness (QED) is 0.919. The molecule has 1 saturated heterocycles. The number of aromatic nitrogens is 1. The van der Waals surface area contributed by atoms with Gasteiger partial charge in [0.25, 0.3) is 0 Å². The van der Waals surface area contributed by atoms with Gasteiger partial charge in [0.15, 0.2) is 5.43 Å². The van der Waals surface area contributed by atoms with E-state index in [0.29, 0.717) is 11.9 Å². The molecule has 4 rings (SSSR count). The minimum absolute atomic E-state index is 0.0331. The molecule has 1 aliphatic heterocycles. The molecule has 4 nitrogen and oxygen atoms in total. The van der Waals surface area contributed by atoms with E-state index in [1.165, 1.54) is 37.8 Å². The van der Waals surface area contributed by atoms with Crippen LogP contribution in [0.25, 0.3) is 10.9 Å². The maximum Gasteiger partial charge on any atom is 0.193 e. The van der Waals surface area contributed by atoms with Crippen molar-refractivity contribution in [3.63, 3.8) is 0 Å². The molecule has 128 valence electrons. The van der Waals surface area contributed by atoms with Gasteiger partial charge < -0.3 is 9.88 Å². The van der Waals surface area contributed by atoms with Crippen molar-refractivity contribution in [3.8, 4) is 0 Å². The number of hydrogen-bond donors (Lipinski definition) is 1. The molecular formula is C19H24FN3O. The van der Waals surface area contributed by atoms with E-state index in [9.17, 15) is 9.18 Å². The lowest BCUT2D eigenvalue weighted by molar-refractivity contribution is 0.0569. The Bertz CT molecular complexity index is 823. The summed E-state index contributed by atoms with van der Waals surface area (Å²) >= 11 is 0. The molecule has 0 atom stereocenters. The van der Waals surface area contributed by atoms with Crippen molar-refractivity contribution in [2.45, 2.75) is 37.8 Å². The van der Waals surface area contributed by atoms with Gasteiger partial charge in [-0.2, -0.15) is 0 Å². The van der Waals surface area contributed by atoms with E-state index < -0.39 is 0 Å². The highest BCUT2D eigenvalue weighted by molar-refractivity contribution is 5.79. The zero-order valence-electron chi connectivity index (χ0n) is 14.1. The highest BCUT2D eigenvalue weighted by Gasteiger charge is 2.41. The third-order valence-corrected chi connectivity index (χ3v) is 5.80. The molecule has 24 heavy (non-hydrogen) atoms. The third kappa shape index (κ3) is 2.56. The topological polar surface area (TPSA) is 37.3 Å². The molecule has 1 aromatic carbocycles. The number of nitrogens with zero attached hydrogens (tertiary/aromatic N) is 2. The molecule has 1 spiro atoms. The Labute approximate surface area is 141 Å². The molecule has 2 heterocycles. The van der Waals surface area contributed by atoms with Crippen LogP contribution in [0.1, 0.15) is 31.2 Å². The van der Waals surface area contributed by atoms with Gasteiger partial charge in [-0.1, -0.05) is 12.8 Å². The smallest absolute Gasteiger partial charge is 0.193 e. The van der Waals surface area contributed by atoms with E-state index in [0.717, 1.165) is 30.7 Å². The number of rotatable bonds is 2. The average Bonchev–Trinajstić information content (AvgIpc) is 3.03. The van der Waals surface area contributed by atoms with E-state index in [1.807, 2.05) is 17.8 Å². The Morgan fingerprint density at radius 2 is 2.08 bits per heavy atom. The Balaban J connectivity index is 1.74. The van der Waals surface area contributed by atoms with Gasteiger partial charge in [0.1, 0.15) is 5.82 Å². The first-order valence-corrected chi connectivity index (χ1v) is 8.83. The van der Waals surface area contributed by atoms with Crippen molar-refractivity contribution in [2.75, 3.05) is 19.6 Å². The van der Waals surface area contributed by atoms with Crippen molar-refractivity contribution in [1.29, 1.82) is 0 Å². The van der Waals surface area contributed by atoms with Crippen LogP contribution in [0.15, 0.2) is 29.2 Å². The van der Waals surface area contributed by atoms with Crippen molar-refractivity contribution >= 4 is 10.9 Å². The van der Waals surface area contributed by atoms with Gasteiger partial charge in [-0.05, 0) is 31.0 Å². The van der Waals surface area contributed by atoms with Crippen molar-refractivity contribution in [2.24, 2.45) is 7.05 Å². The number of nitrogens with one attached hydrogen (secondary N) is 1. The Kier molecular flexibility index (Phi) is 3.93. The predicted octanol–water partition coefficient (Wildman–Crippen LogP) is 2.40. The fraction of sp³-hybridized carbons (Fsp3) is 0.526. The van der Waals surface area contributed by atoms with Crippen LogP contribution in [0.3, 0.4) is 0 Å². The van der Waals surface area contributed by atoms with Gasteiger partial charge in [0.2, 0.25) is 0 Å². The van der Waals surface area contributed by atoms with Crippen LogP contribution < -0.4 is 10.7 Å². The molecule has 1 aliphatic carbocycles. The first kappa shape index (κ1) is 15.8. The molecule has 2 fully saturated rings. The Morgan fingerprint density at radius 3 is 2.88 bits per heavy atom. The summed E-state index contributed by atoms with van der Waals surface area (Å²) in [5, 5.41) is 4.00. The summed E-state index contributed by atoms with van der Waals surface area (Å²) in [6, 6.07) is 4.45. The summed E-state index contributed by atoms with van der Waals surface area (Å²) in [7, 11) is 1.92. The van der Waals surface area contributed by atoms with Crippen LogP contribution in [0.4, 0.5) is 4.39 Å². The number of hydrogen-bond acceptors (Lipinski definition) is 3. The maximum absolute atomic E-state index is 13.6. The number of halogens is 1. The zero-order chi connectivity index (χ0) is 16.7. The highest BCUT2D eigenvalue weighted by atomic mass is 19.1. The summed E-state index contributed by atoms with van der Waals surface area (Å²) < 4.78 is 15.6. The summed E-state index contributed by atoms with van der Waals surface area (Å²) in [4.78, 5) is 15.4. The summed E-state index contributed by atoms with van der Waals surface area (Å²) in [5.74, 6) is -0.355. The lowest BCUT2D eigenvalue weighted by Gasteiger charge is -2.45. The van der Waals surface area contributed by atoms with Gasteiger partial charge in [0, 0.05) is 55.9 Å². The zero-order valence-corrected chi connectivity index (χ0v) is 14.1. The van der Waals surface area contributed by atoms with E-state index in [-0.39, 0.29) is 16.8 Å². The minimum atomic E-state index is -0.355. The molecule has 0 amide bonds. The Hall–Kier alpha value is -1.72. The second kappa shape index (κ2) is 5.97. The summed E-state index contributed by atoms with van der Waals surface area (Å²) in [6.45, 7) is 3.59. The van der Waals surface area contributed by atoms with Crippen LogP contribution in [-0.4, -0.2) is 34.6 Å². The fourth-order valence-electron chi connectivity index (χ4n) is 4.51. The number of benzene rings is 1. The number of pyridine rings is 1. The van der Waals surface area contributed by atoms with Gasteiger partial charge in [-0.15, -0.1) is 0 Å². The van der Waals surface area contributed by atoms with E-state index >= 15 is 0 Å². The summed E-state index contributed by atoms with van der Waals surface area (Å²) in [5.41, 5.74) is 1.71. The van der Waals surface area contributed by atoms with Gasteiger partial charge >= 0.3 is 0 Å². The molecule has 1 saturated carbocycles. The Morgan fingerprint density at radius 1 is 1.29 bits per heavy atom. The van der Waals surface area contributed by atoms with Gasteiger partial charge in [0.05, 0.1) is 5.52 Å². The lowest BCUT2D eigenvalue weighted by Crippen LogP contribution is -2.59. The lowest BCUT2D eigenvalue weighted by atomic mass is 9.92. The largest absolute Gasteiger partial charge is 0.350 e. The number of piperazine rings is 1. The van der Waals surface area contributed by atoms with Crippen LogP contribution in [-0.2, 0) is 13.6 Å². The third-order valence-electron chi connectivity index (χ3n) is 5.80. The molecule has 0 radical (unpaired) electrons. The van der Waals surface area contributed by atoms with Crippen LogP contribution in [0.5, 0.6) is 0 Å². The first-order valence-electron chi connectivity index (χ1n) is 8.83. The molecule has 5 heteroatoms. The minimum Gasteiger partial charge on any atom is -0.350 e. The number of fused-ring (bicyclic) bond motifs is 1. The predicted molar refractivity (Wildman–Crippen MR) is 93.6 cm³/mol. The molecule has 2 aliphatic rings. The molecule has 1 aromatic heterocycles. The van der Waals surface area contributed by atoms with Crippen LogP contribution in [0, 0.1) is 5.82 Å². The van der Waals surface area contributed by atoms with Crippen LogP contribution in [0.2, 0.25) is 0 Å². The van der Waals surface area contributed by atoms with Crippen LogP contribution >= 0.6 is 0 Å². The molecule has 2 aromatic rings. The maximum atomic E-state index is 13.6. The summed E-state index contributed by atoms with van der Waals surface area (Å²) in [6.07, 6.45) is 6.84. The highest BCUT2D eigenvalue weighted by Crippen LogP contribution is 2.36. The number of aryl methyl sites for hydroxylation is 1. The average molecular weight is 329 g/mol. The van der Waals surface area contributed by atoms with Gasteiger partial charge in [-0.3, -0.25) is 9.69 Å². The molecule has 1 N–H and O–H groups in total.